The zero-order chi connectivity index (χ0) is 43.4. The van der Waals surface area contributed by atoms with E-state index in [1.54, 1.807) is 11.1 Å². The lowest BCUT2D eigenvalue weighted by molar-refractivity contribution is -0.140. The van der Waals surface area contributed by atoms with Crippen molar-refractivity contribution in [2.75, 3.05) is 33.3 Å². The van der Waals surface area contributed by atoms with Gasteiger partial charge in [-0.15, -0.1) is 0 Å². The first-order valence-corrected chi connectivity index (χ1v) is 21.8. The average Bonchev–Trinajstić information content (AvgIpc) is 4.13. The number of hydrogen-bond donors (Lipinski definition) is 4. The molecule has 0 aliphatic carbocycles. The second kappa shape index (κ2) is 18.4. The first-order valence-electron chi connectivity index (χ1n) is 21.8. The van der Waals surface area contributed by atoms with Crippen LogP contribution in [0.2, 0.25) is 0 Å². The number of imidazole rings is 2. The Morgan fingerprint density at radius 2 is 1.26 bits per heavy atom. The molecule has 3 fully saturated rings. The number of H-pyrrole nitrogens is 2. The lowest BCUT2D eigenvalue weighted by atomic mass is 9.91. The fourth-order valence-corrected chi connectivity index (χ4v) is 8.99. The van der Waals surface area contributed by atoms with Gasteiger partial charge in [0.1, 0.15) is 23.7 Å². The number of benzene rings is 3. The monoisotopic (exact) mass is 836 g/mol. The van der Waals surface area contributed by atoms with Crippen LogP contribution in [0.4, 0.5) is 4.79 Å². The van der Waals surface area contributed by atoms with Gasteiger partial charge in [-0.3, -0.25) is 14.5 Å². The highest BCUT2D eigenvalue weighted by molar-refractivity contribution is 5.86. The molecular weight excluding hydrogens is 781 g/mol. The summed E-state index contributed by atoms with van der Waals surface area (Å²) < 4.78 is 4.76. The maximum absolute atomic E-state index is 14.4. The standard InChI is InChI=1S/C49H56N8O5/c1-32(2)42(54-48(60)62-4)46(58)56-26-8-12-40(56)44-50-30-38(52-44)35-20-16-33(17-21-35)14-15-34-18-22-36(23-19-34)39-31-51-45(53-39)41-13-9-27-57(41)47(59)43(37-10-6-5-7-11-37)55-28-24-49(3,61)25-29-55/h5-7,10-11,16-23,30-32,40-43,61H,8-9,12-13,24-29H2,1-4H3,(H,50,52)(H,51,53)(H,54,60). The second-order valence-electron chi connectivity index (χ2n) is 17.4. The molecule has 4 atom stereocenters. The summed E-state index contributed by atoms with van der Waals surface area (Å²) in [6.07, 6.45) is 7.66. The summed E-state index contributed by atoms with van der Waals surface area (Å²) in [4.78, 5) is 62.4. The van der Waals surface area contributed by atoms with E-state index in [9.17, 15) is 19.5 Å². The summed E-state index contributed by atoms with van der Waals surface area (Å²) in [7, 11) is 1.29. The van der Waals surface area contributed by atoms with Gasteiger partial charge in [0.15, 0.2) is 0 Å². The first-order chi connectivity index (χ1) is 30.0. The molecule has 322 valence electrons. The normalized spacial score (nSPS) is 19.8. The van der Waals surface area contributed by atoms with E-state index in [0.717, 1.165) is 76.5 Å². The van der Waals surface area contributed by atoms with Crippen LogP contribution in [0.3, 0.4) is 0 Å². The summed E-state index contributed by atoms with van der Waals surface area (Å²) in [5.41, 5.74) is 5.71. The third-order valence-corrected chi connectivity index (χ3v) is 12.6. The minimum absolute atomic E-state index is 0.0834. The van der Waals surface area contributed by atoms with Crippen molar-refractivity contribution >= 4 is 17.9 Å². The summed E-state index contributed by atoms with van der Waals surface area (Å²) >= 11 is 0. The van der Waals surface area contributed by atoms with Crippen molar-refractivity contribution in [1.82, 2.24) is 40.0 Å². The van der Waals surface area contributed by atoms with E-state index < -0.39 is 23.8 Å². The molecule has 3 saturated heterocycles. The number of ether oxygens (including phenoxy) is 1. The van der Waals surface area contributed by atoms with E-state index in [-0.39, 0.29) is 29.8 Å². The number of rotatable bonds is 10. The molecule has 3 amide bonds. The van der Waals surface area contributed by atoms with Crippen molar-refractivity contribution in [2.24, 2.45) is 5.92 Å². The van der Waals surface area contributed by atoms with E-state index >= 15 is 0 Å². The van der Waals surface area contributed by atoms with Crippen LogP contribution in [0.5, 0.6) is 0 Å². The van der Waals surface area contributed by atoms with Crippen LogP contribution in [-0.4, -0.2) is 103 Å². The van der Waals surface area contributed by atoms with Crippen LogP contribution in [0.25, 0.3) is 22.5 Å². The van der Waals surface area contributed by atoms with Gasteiger partial charge >= 0.3 is 6.09 Å². The van der Waals surface area contributed by atoms with Gasteiger partial charge < -0.3 is 34.9 Å². The molecule has 4 N–H and O–H groups in total. The Hall–Kier alpha value is -6.23. The van der Waals surface area contributed by atoms with Crippen LogP contribution in [-0.2, 0) is 14.3 Å². The molecule has 0 radical (unpaired) electrons. The maximum Gasteiger partial charge on any atom is 0.407 e. The molecule has 62 heavy (non-hydrogen) atoms. The minimum Gasteiger partial charge on any atom is -0.453 e. The topological polar surface area (TPSA) is 160 Å². The third kappa shape index (κ3) is 9.32. The van der Waals surface area contributed by atoms with Crippen LogP contribution in [0.15, 0.2) is 91.3 Å². The highest BCUT2D eigenvalue weighted by Crippen LogP contribution is 2.38. The van der Waals surface area contributed by atoms with Crippen molar-refractivity contribution in [2.45, 2.75) is 89.1 Å². The number of carbonyl (C=O) groups is 3. The number of likely N-dealkylation sites (tertiary alicyclic amines) is 3. The van der Waals surface area contributed by atoms with Crippen molar-refractivity contribution in [3.8, 4) is 34.4 Å². The Bertz CT molecular complexity index is 2400. The molecule has 3 aliphatic rings. The Balaban J connectivity index is 0.899. The summed E-state index contributed by atoms with van der Waals surface area (Å²) in [6.45, 7) is 8.28. The Morgan fingerprint density at radius 3 is 1.74 bits per heavy atom. The Kier molecular flexibility index (Phi) is 12.6. The van der Waals surface area contributed by atoms with E-state index in [2.05, 4.69) is 37.0 Å². The number of hydrogen-bond acceptors (Lipinski definition) is 8. The number of aromatic nitrogens is 4. The SMILES string of the molecule is COC(=O)NC(C(=O)N1CCCC1c1ncc(-c2ccc(C#Cc3ccc(-c4cnc(C5CCCN5C(=O)C(c5ccccc5)N5CCC(C)(O)CC5)[nH]4)cc3)cc2)[nH]1)C(C)C. The summed E-state index contributed by atoms with van der Waals surface area (Å²) in [5, 5.41) is 13.3. The van der Waals surface area contributed by atoms with Gasteiger partial charge in [0, 0.05) is 37.3 Å². The van der Waals surface area contributed by atoms with Crippen LogP contribution >= 0.6 is 0 Å². The summed E-state index contributed by atoms with van der Waals surface area (Å²) in [5.74, 6) is 7.91. The number of amides is 3. The molecule has 3 aromatic carbocycles. The molecule has 0 bridgehead atoms. The van der Waals surface area contributed by atoms with Crippen LogP contribution < -0.4 is 5.32 Å². The van der Waals surface area contributed by atoms with Gasteiger partial charge in [0.2, 0.25) is 11.8 Å². The third-order valence-electron chi connectivity index (χ3n) is 12.6. The zero-order valence-corrected chi connectivity index (χ0v) is 35.9. The molecule has 5 aromatic rings. The van der Waals surface area contributed by atoms with Crippen molar-refractivity contribution in [3.05, 3.63) is 120 Å². The lowest BCUT2D eigenvalue weighted by Gasteiger charge is -2.41. The highest BCUT2D eigenvalue weighted by atomic mass is 16.5. The van der Waals surface area contributed by atoms with Gasteiger partial charge in [-0.1, -0.05) is 80.3 Å². The highest BCUT2D eigenvalue weighted by Gasteiger charge is 2.41. The van der Waals surface area contributed by atoms with Gasteiger partial charge in [0.05, 0.1) is 48.6 Å². The lowest BCUT2D eigenvalue weighted by Crippen LogP contribution is -2.51. The number of piperidine rings is 1. The number of alkyl carbamates (subject to hydrolysis) is 1. The average molecular weight is 837 g/mol. The van der Waals surface area contributed by atoms with Crippen molar-refractivity contribution in [1.29, 1.82) is 0 Å². The number of nitrogens with zero attached hydrogens (tertiary/aromatic N) is 5. The van der Waals surface area contributed by atoms with Crippen LogP contribution in [0, 0.1) is 17.8 Å². The first kappa shape index (κ1) is 42.5. The predicted molar refractivity (Wildman–Crippen MR) is 236 cm³/mol. The van der Waals surface area contributed by atoms with Gasteiger partial charge in [-0.2, -0.15) is 0 Å². The molecule has 2 aromatic heterocycles. The molecular formula is C49H56N8O5. The van der Waals surface area contributed by atoms with E-state index in [0.29, 0.717) is 39.0 Å². The number of carbonyl (C=O) groups excluding carboxylic acids is 3. The molecule has 4 unspecified atom stereocenters. The molecule has 3 aliphatic heterocycles. The van der Waals surface area contributed by atoms with E-state index in [4.69, 9.17) is 9.72 Å². The Morgan fingerprint density at radius 1 is 0.758 bits per heavy atom. The quantitative estimate of drug-likeness (QED) is 0.108. The van der Waals surface area contributed by atoms with Crippen molar-refractivity contribution < 1.29 is 24.2 Å². The van der Waals surface area contributed by atoms with Crippen LogP contribution in [0.1, 0.15) is 106 Å². The summed E-state index contributed by atoms with van der Waals surface area (Å²) in [6, 6.07) is 24.6. The van der Waals surface area contributed by atoms with Crippen molar-refractivity contribution in [3.63, 3.8) is 0 Å². The van der Waals surface area contributed by atoms with Gasteiger partial charge in [-0.05, 0) is 92.3 Å². The Labute approximate surface area is 363 Å². The molecule has 13 nitrogen and oxygen atoms in total. The van der Waals surface area contributed by atoms with E-state index in [1.165, 1.54) is 7.11 Å². The molecule has 0 saturated carbocycles. The van der Waals surface area contributed by atoms with Gasteiger partial charge in [0.25, 0.3) is 0 Å². The van der Waals surface area contributed by atoms with Gasteiger partial charge in [-0.25, -0.2) is 14.8 Å². The zero-order valence-electron chi connectivity index (χ0n) is 35.9. The molecule has 13 heteroatoms. The maximum atomic E-state index is 14.4. The fraction of sp³-hybridized carbons (Fsp3) is 0.408. The largest absolute Gasteiger partial charge is 0.453 e. The smallest absolute Gasteiger partial charge is 0.407 e. The number of aromatic amines is 2. The number of methoxy groups -OCH3 is 1. The number of nitrogens with one attached hydrogen (secondary N) is 3. The minimum atomic E-state index is -0.703. The predicted octanol–water partition coefficient (Wildman–Crippen LogP) is 7.16. The molecule has 0 spiro atoms. The molecule has 8 rings (SSSR count). The molecule has 5 heterocycles. The second-order valence-corrected chi connectivity index (χ2v) is 17.4. The number of aliphatic hydroxyl groups is 1. The fourth-order valence-electron chi connectivity index (χ4n) is 8.99. The van der Waals surface area contributed by atoms with E-state index in [1.807, 2.05) is 111 Å².